The van der Waals surface area contributed by atoms with Gasteiger partial charge in [0.1, 0.15) is 17.4 Å². The molecule has 3 rings (SSSR count). The summed E-state index contributed by atoms with van der Waals surface area (Å²) in [6, 6.07) is 8.24. The first kappa shape index (κ1) is 12.2. The summed E-state index contributed by atoms with van der Waals surface area (Å²) in [6.07, 6.45) is 2.55. The second-order valence-electron chi connectivity index (χ2n) is 4.93. The zero-order valence-corrected chi connectivity index (χ0v) is 11.0. The van der Waals surface area contributed by atoms with E-state index in [1.807, 2.05) is 18.2 Å². The molecule has 5 nitrogen and oxygen atoms in total. The molecule has 0 saturated heterocycles. The molecule has 1 unspecified atom stereocenters. The molecule has 1 aromatic carbocycles. The van der Waals surface area contributed by atoms with Crippen LogP contribution in [0.25, 0.3) is 0 Å². The van der Waals surface area contributed by atoms with Crippen LogP contribution >= 0.6 is 0 Å². The molecule has 0 saturated carbocycles. The second kappa shape index (κ2) is 5.01. The zero-order chi connectivity index (χ0) is 13.2. The molecule has 1 aromatic heterocycles. The van der Waals surface area contributed by atoms with Crippen molar-refractivity contribution in [2.45, 2.75) is 31.8 Å². The first-order chi connectivity index (χ1) is 9.28. The maximum atomic E-state index is 5.96. The van der Waals surface area contributed by atoms with Crippen molar-refractivity contribution in [1.82, 2.24) is 14.8 Å². The van der Waals surface area contributed by atoms with Gasteiger partial charge in [0.15, 0.2) is 0 Å². The van der Waals surface area contributed by atoms with Crippen LogP contribution in [0.3, 0.4) is 0 Å². The van der Waals surface area contributed by atoms with Gasteiger partial charge in [0.25, 0.3) is 0 Å². The van der Waals surface area contributed by atoms with Crippen molar-refractivity contribution in [2.24, 2.45) is 5.73 Å². The first-order valence-corrected chi connectivity index (χ1v) is 6.56. The van der Waals surface area contributed by atoms with Crippen molar-refractivity contribution in [1.29, 1.82) is 0 Å². The molecule has 2 heterocycles. The van der Waals surface area contributed by atoms with Crippen molar-refractivity contribution in [3.8, 4) is 5.75 Å². The first-order valence-electron chi connectivity index (χ1n) is 6.56. The van der Waals surface area contributed by atoms with Crippen molar-refractivity contribution in [3.63, 3.8) is 0 Å². The monoisotopic (exact) mass is 258 g/mol. The fourth-order valence-electron chi connectivity index (χ4n) is 2.56. The minimum Gasteiger partial charge on any atom is -0.496 e. The topological polar surface area (TPSA) is 66.0 Å². The van der Waals surface area contributed by atoms with Crippen LogP contribution in [0.1, 0.15) is 23.6 Å². The maximum absolute atomic E-state index is 5.96. The molecule has 0 spiro atoms. The highest BCUT2D eigenvalue weighted by Crippen LogP contribution is 2.22. The Morgan fingerprint density at radius 3 is 3.05 bits per heavy atom. The number of nitrogens with zero attached hydrogens (tertiary/aromatic N) is 3. The summed E-state index contributed by atoms with van der Waals surface area (Å²) in [7, 11) is 1.69. The molecule has 0 aliphatic carbocycles. The number of hydrogen-bond acceptors (Lipinski definition) is 4. The molecule has 19 heavy (non-hydrogen) atoms. The third kappa shape index (κ3) is 2.33. The van der Waals surface area contributed by atoms with Crippen LogP contribution in [0, 0.1) is 0 Å². The Hall–Kier alpha value is -1.88. The Balaban J connectivity index is 1.88. The predicted octanol–water partition coefficient (Wildman–Crippen LogP) is 1.15. The number of fused-ring (bicyclic) bond motifs is 1. The fourth-order valence-corrected chi connectivity index (χ4v) is 2.56. The van der Waals surface area contributed by atoms with Gasteiger partial charge in [-0.1, -0.05) is 18.2 Å². The third-order valence-electron chi connectivity index (χ3n) is 3.61. The van der Waals surface area contributed by atoms with Gasteiger partial charge in [-0.25, -0.2) is 0 Å². The average Bonchev–Trinajstić information content (AvgIpc) is 2.82. The van der Waals surface area contributed by atoms with E-state index in [4.69, 9.17) is 10.5 Å². The molecular formula is C14H18N4O. The van der Waals surface area contributed by atoms with Gasteiger partial charge in [-0.3, -0.25) is 0 Å². The lowest BCUT2D eigenvalue weighted by Gasteiger charge is -2.20. The fraction of sp³-hybridized carbons (Fsp3) is 0.429. The van der Waals surface area contributed by atoms with E-state index < -0.39 is 0 Å². The number of methoxy groups -OCH3 is 1. The van der Waals surface area contributed by atoms with Crippen LogP contribution in [-0.4, -0.2) is 27.9 Å². The van der Waals surface area contributed by atoms with Gasteiger partial charge in [0, 0.05) is 31.0 Å². The van der Waals surface area contributed by atoms with E-state index >= 15 is 0 Å². The largest absolute Gasteiger partial charge is 0.496 e. The highest BCUT2D eigenvalue weighted by atomic mass is 16.5. The Morgan fingerprint density at radius 2 is 2.21 bits per heavy atom. The van der Waals surface area contributed by atoms with Crippen molar-refractivity contribution in [3.05, 3.63) is 41.5 Å². The molecule has 1 aliphatic heterocycles. The van der Waals surface area contributed by atoms with E-state index in [9.17, 15) is 0 Å². The van der Waals surface area contributed by atoms with E-state index in [0.717, 1.165) is 48.8 Å². The zero-order valence-electron chi connectivity index (χ0n) is 11.0. The number of hydrogen-bond donors (Lipinski definition) is 1. The van der Waals surface area contributed by atoms with Crippen molar-refractivity contribution in [2.75, 3.05) is 7.11 Å². The van der Waals surface area contributed by atoms with Crippen LogP contribution < -0.4 is 10.5 Å². The molecule has 0 radical (unpaired) electrons. The lowest BCUT2D eigenvalue weighted by molar-refractivity contribution is 0.409. The van der Waals surface area contributed by atoms with E-state index in [1.165, 1.54) is 0 Å². The van der Waals surface area contributed by atoms with Crippen LogP contribution in [0.4, 0.5) is 0 Å². The summed E-state index contributed by atoms with van der Waals surface area (Å²) in [4.78, 5) is 0. The summed E-state index contributed by atoms with van der Waals surface area (Å²) in [6.45, 7) is 0.911. The average molecular weight is 258 g/mol. The lowest BCUT2D eigenvalue weighted by atomic mass is 10.1. The molecule has 0 fully saturated rings. The second-order valence-corrected chi connectivity index (χ2v) is 4.93. The molecule has 100 valence electrons. The van der Waals surface area contributed by atoms with Gasteiger partial charge < -0.3 is 15.0 Å². The maximum Gasteiger partial charge on any atom is 0.137 e. The molecule has 2 aromatic rings. The number of rotatable bonds is 3. The molecule has 5 heteroatoms. The van der Waals surface area contributed by atoms with Gasteiger partial charge in [-0.15, -0.1) is 10.2 Å². The van der Waals surface area contributed by atoms with Crippen LogP contribution in [-0.2, 0) is 19.4 Å². The molecule has 1 atom stereocenters. The number of benzene rings is 1. The van der Waals surface area contributed by atoms with Gasteiger partial charge in [-0.05, 0) is 12.5 Å². The molecule has 2 N–H and O–H groups in total. The van der Waals surface area contributed by atoms with E-state index in [0.29, 0.717) is 0 Å². The Labute approximate surface area is 112 Å². The van der Waals surface area contributed by atoms with Gasteiger partial charge in [0.2, 0.25) is 0 Å². The SMILES string of the molecule is COc1ccccc1Cc1nnc2n1CCC(N)C2. The van der Waals surface area contributed by atoms with E-state index in [2.05, 4.69) is 20.8 Å². The third-order valence-corrected chi connectivity index (χ3v) is 3.61. The van der Waals surface area contributed by atoms with E-state index in [-0.39, 0.29) is 6.04 Å². The summed E-state index contributed by atoms with van der Waals surface area (Å²) in [5.74, 6) is 2.89. The van der Waals surface area contributed by atoms with Gasteiger partial charge in [-0.2, -0.15) is 0 Å². The normalized spacial score (nSPS) is 18.1. The molecular weight excluding hydrogens is 240 g/mol. The Bertz CT molecular complexity index is 579. The lowest BCUT2D eigenvalue weighted by Crippen LogP contribution is -2.31. The molecule has 0 bridgehead atoms. The molecule has 0 amide bonds. The summed E-state index contributed by atoms with van der Waals surface area (Å²) < 4.78 is 7.57. The number of aromatic nitrogens is 3. The van der Waals surface area contributed by atoms with Gasteiger partial charge in [0.05, 0.1) is 7.11 Å². The Morgan fingerprint density at radius 1 is 1.37 bits per heavy atom. The van der Waals surface area contributed by atoms with Crippen LogP contribution in [0.15, 0.2) is 24.3 Å². The van der Waals surface area contributed by atoms with Crippen LogP contribution in [0.5, 0.6) is 5.75 Å². The predicted molar refractivity (Wildman–Crippen MR) is 72.1 cm³/mol. The van der Waals surface area contributed by atoms with Gasteiger partial charge >= 0.3 is 0 Å². The number of ether oxygens (including phenoxy) is 1. The Kier molecular flexibility index (Phi) is 3.21. The summed E-state index contributed by atoms with van der Waals surface area (Å²) in [5, 5.41) is 8.56. The number of para-hydroxylation sites is 1. The minimum atomic E-state index is 0.218. The quantitative estimate of drug-likeness (QED) is 0.897. The summed E-state index contributed by atoms with van der Waals surface area (Å²) >= 11 is 0. The highest BCUT2D eigenvalue weighted by molar-refractivity contribution is 5.35. The van der Waals surface area contributed by atoms with Crippen molar-refractivity contribution >= 4 is 0 Å². The highest BCUT2D eigenvalue weighted by Gasteiger charge is 2.20. The summed E-state index contributed by atoms with van der Waals surface area (Å²) in [5.41, 5.74) is 7.09. The number of nitrogens with two attached hydrogens (primary N) is 1. The standard InChI is InChI=1S/C14H18N4O/c1-19-12-5-3-2-4-10(12)8-13-16-17-14-9-11(15)6-7-18(13)14/h2-5,11H,6-9,15H2,1H3. The van der Waals surface area contributed by atoms with E-state index in [1.54, 1.807) is 7.11 Å². The molecule has 1 aliphatic rings. The smallest absolute Gasteiger partial charge is 0.137 e. The minimum absolute atomic E-state index is 0.218. The van der Waals surface area contributed by atoms with Crippen molar-refractivity contribution < 1.29 is 4.74 Å². The van der Waals surface area contributed by atoms with Crippen LogP contribution in [0.2, 0.25) is 0 Å².